The molecule has 0 fully saturated rings. The van der Waals surface area contributed by atoms with Gasteiger partial charge in [0.05, 0.1) is 0 Å². The summed E-state index contributed by atoms with van der Waals surface area (Å²) in [7, 11) is 0. The second kappa shape index (κ2) is 7.99. The highest BCUT2D eigenvalue weighted by Gasteiger charge is 2.08. The Morgan fingerprint density at radius 1 is 1.05 bits per heavy atom. The molecule has 110 valence electrons. The van der Waals surface area contributed by atoms with E-state index >= 15 is 0 Å². The van der Waals surface area contributed by atoms with E-state index in [1.54, 1.807) is 0 Å². The number of ketones is 1. The molecule has 21 heavy (non-hydrogen) atoms. The summed E-state index contributed by atoms with van der Waals surface area (Å²) in [5.74, 6) is 0.214. The molecule has 0 bridgehead atoms. The molecule has 0 radical (unpaired) electrons. The summed E-state index contributed by atoms with van der Waals surface area (Å²) >= 11 is 3.38. The van der Waals surface area contributed by atoms with Crippen molar-refractivity contribution in [1.29, 1.82) is 0 Å². The van der Waals surface area contributed by atoms with Crippen molar-refractivity contribution in [3.05, 3.63) is 64.6 Å². The van der Waals surface area contributed by atoms with E-state index in [9.17, 15) is 4.79 Å². The third-order valence-electron chi connectivity index (χ3n) is 3.50. The standard InChI is InChI=1S/C18H20BrNO/c1-2-20(17-7-4-3-5-8-17)14-6-9-18(21)15-10-12-16(19)13-11-15/h3-5,7-8,10-13H,2,6,9,14H2,1H3. The third kappa shape index (κ3) is 4.71. The maximum absolute atomic E-state index is 12.1. The Bertz CT molecular complexity index is 566. The quantitative estimate of drug-likeness (QED) is 0.662. The van der Waals surface area contributed by atoms with Crippen LogP contribution in [0.25, 0.3) is 0 Å². The highest BCUT2D eigenvalue weighted by molar-refractivity contribution is 9.10. The summed E-state index contributed by atoms with van der Waals surface area (Å²) < 4.78 is 1.00. The second-order valence-electron chi connectivity index (χ2n) is 4.95. The Balaban J connectivity index is 1.85. The van der Waals surface area contributed by atoms with Gasteiger partial charge in [0.25, 0.3) is 0 Å². The molecule has 0 aliphatic rings. The summed E-state index contributed by atoms with van der Waals surface area (Å²) in [4.78, 5) is 14.4. The minimum Gasteiger partial charge on any atom is -0.372 e. The lowest BCUT2D eigenvalue weighted by Gasteiger charge is -2.22. The second-order valence-corrected chi connectivity index (χ2v) is 5.86. The van der Waals surface area contributed by atoms with Crippen LogP contribution < -0.4 is 4.90 Å². The van der Waals surface area contributed by atoms with Crippen LogP contribution in [0.3, 0.4) is 0 Å². The van der Waals surface area contributed by atoms with Gasteiger partial charge in [0, 0.05) is 35.2 Å². The van der Waals surface area contributed by atoms with Crippen molar-refractivity contribution >= 4 is 27.4 Å². The van der Waals surface area contributed by atoms with E-state index in [0.717, 1.165) is 29.5 Å². The van der Waals surface area contributed by atoms with Gasteiger partial charge in [-0.3, -0.25) is 4.79 Å². The predicted octanol–water partition coefficient (Wildman–Crippen LogP) is 4.94. The van der Waals surface area contributed by atoms with E-state index in [4.69, 9.17) is 0 Å². The fraction of sp³-hybridized carbons (Fsp3) is 0.278. The minimum absolute atomic E-state index is 0.214. The Hall–Kier alpha value is -1.61. The molecule has 2 aromatic rings. The van der Waals surface area contributed by atoms with Crippen LogP contribution in [0.1, 0.15) is 30.1 Å². The van der Waals surface area contributed by atoms with Crippen molar-refractivity contribution in [3.8, 4) is 0 Å². The molecule has 2 nitrogen and oxygen atoms in total. The van der Waals surface area contributed by atoms with Crippen molar-refractivity contribution < 1.29 is 4.79 Å². The fourth-order valence-electron chi connectivity index (χ4n) is 2.32. The van der Waals surface area contributed by atoms with Gasteiger partial charge in [-0.1, -0.05) is 46.3 Å². The number of Topliss-reactive ketones (excluding diaryl/α,β-unsaturated/α-hetero) is 1. The molecular formula is C18H20BrNO. The first-order chi connectivity index (χ1) is 10.2. The smallest absolute Gasteiger partial charge is 0.162 e. The van der Waals surface area contributed by atoms with Crippen LogP contribution in [0.2, 0.25) is 0 Å². The van der Waals surface area contributed by atoms with Crippen LogP contribution in [0.5, 0.6) is 0 Å². The Morgan fingerprint density at radius 3 is 2.33 bits per heavy atom. The zero-order valence-electron chi connectivity index (χ0n) is 12.3. The Labute approximate surface area is 134 Å². The molecule has 0 saturated carbocycles. The molecule has 0 amide bonds. The molecule has 0 heterocycles. The Kier molecular flexibility index (Phi) is 6.00. The molecule has 0 aromatic heterocycles. The number of anilines is 1. The van der Waals surface area contributed by atoms with Gasteiger partial charge >= 0.3 is 0 Å². The molecule has 0 spiro atoms. The number of rotatable bonds is 7. The molecule has 0 atom stereocenters. The van der Waals surface area contributed by atoms with Gasteiger partial charge < -0.3 is 4.90 Å². The van der Waals surface area contributed by atoms with Crippen LogP contribution in [-0.4, -0.2) is 18.9 Å². The van der Waals surface area contributed by atoms with Gasteiger partial charge in [-0.2, -0.15) is 0 Å². The number of carbonyl (C=O) groups excluding carboxylic acids is 1. The van der Waals surface area contributed by atoms with Crippen molar-refractivity contribution in [2.75, 3.05) is 18.0 Å². The van der Waals surface area contributed by atoms with Gasteiger partial charge in [0.2, 0.25) is 0 Å². The van der Waals surface area contributed by atoms with Crippen molar-refractivity contribution in [2.24, 2.45) is 0 Å². The van der Waals surface area contributed by atoms with E-state index in [0.29, 0.717) is 6.42 Å². The summed E-state index contributed by atoms with van der Waals surface area (Å²) in [5.41, 5.74) is 2.01. The van der Waals surface area contributed by atoms with Gasteiger partial charge in [-0.05, 0) is 37.6 Å². The van der Waals surface area contributed by atoms with E-state index in [-0.39, 0.29) is 5.78 Å². The van der Waals surface area contributed by atoms with E-state index < -0.39 is 0 Å². The first-order valence-electron chi connectivity index (χ1n) is 7.29. The zero-order chi connectivity index (χ0) is 15.1. The monoisotopic (exact) mass is 345 g/mol. The maximum atomic E-state index is 12.1. The molecule has 2 rings (SSSR count). The molecule has 0 unspecified atom stereocenters. The summed E-state index contributed by atoms with van der Waals surface area (Å²) in [5, 5.41) is 0. The largest absolute Gasteiger partial charge is 0.372 e. The number of halogens is 1. The van der Waals surface area contributed by atoms with Crippen LogP contribution >= 0.6 is 15.9 Å². The first-order valence-corrected chi connectivity index (χ1v) is 8.08. The first kappa shape index (κ1) is 15.8. The van der Waals surface area contributed by atoms with E-state index in [1.165, 1.54) is 5.69 Å². The summed E-state index contributed by atoms with van der Waals surface area (Å²) in [6.45, 7) is 4.00. The van der Waals surface area contributed by atoms with Gasteiger partial charge in [-0.15, -0.1) is 0 Å². The van der Waals surface area contributed by atoms with E-state index in [1.807, 2.05) is 42.5 Å². The zero-order valence-corrected chi connectivity index (χ0v) is 13.8. The van der Waals surface area contributed by atoms with Crippen LogP contribution in [0.4, 0.5) is 5.69 Å². The van der Waals surface area contributed by atoms with Crippen LogP contribution in [-0.2, 0) is 0 Å². The number of benzene rings is 2. The van der Waals surface area contributed by atoms with Crippen LogP contribution in [0, 0.1) is 0 Å². The van der Waals surface area contributed by atoms with Gasteiger partial charge in [-0.25, -0.2) is 0 Å². The SMILES string of the molecule is CCN(CCCC(=O)c1ccc(Br)cc1)c1ccccc1. The third-order valence-corrected chi connectivity index (χ3v) is 4.03. The topological polar surface area (TPSA) is 20.3 Å². The lowest BCUT2D eigenvalue weighted by atomic mass is 10.1. The minimum atomic E-state index is 0.214. The molecule has 0 saturated heterocycles. The normalized spacial score (nSPS) is 10.4. The predicted molar refractivity (Wildman–Crippen MR) is 92.0 cm³/mol. The lowest BCUT2D eigenvalue weighted by Crippen LogP contribution is -2.24. The average molecular weight is 346 g/mol. The summed E-state index contributed by atoms with van der Waals surface area (Å²) in [6.07, 6.45) is 1.46. The van der Waals surface area contributed by atoms with Crippen molar-refractivity contribution in [3.63, 3.8) is 0 Å². The van der Waals surface area contributed by atoms with Crippen molar-refractivity contribution in [2.45, 2.75) is 19.8 Å². The number of nitrogens with zero attached hydrogens (tertiary/aromatic N) is 1. The van der Waals surface area contributed by atoms with Crippen LogP contribution in [0.15, 0.2) is 59.1 Å². The molecule has 2 aromatic carbocycles. The highest BCUT2D eigenvalue weighted by Crippen LogP contribution is 2.15. The maximum Gasteiger partial charge on any atom is 0.162 e. The molecular weight excluding hydrogens is 326 g/mol. The number of para-hydroxylation sites is 1. The molecule has 0 aliphatic heterocycles. The lowest BCUT2D eigenvalue weighted by molar-refractivity contribution is 0.0980. The number of hydrogen-bond donors (Lipinski definition) is 0. The average Bonchev–Trinajstić information content (AvgIpc) is 2.53. The highest BCUT2D eigenvalue weighted by atomic mass is 79.9. The molecule has 0 aliphatic carbocycles. The molecule has 0 N–H and O–H groups in total. The summed E-state index contributed by atoms with van der Waals surface area (Å²) in [6, 6.07) is 17.9. The van der Waals surface area contributed by atoms with Gasteiger partial charge in [0.1, 0.15) is 0 Å². The molecule has 3 heteroatoms. The number of hydrogen-bond acceptors (Lipinski definition) is 2. The fourth-order valence-corrected chi connectivity index (χ4v) is 2.58. The number of carbonyl (C=O) groups is 1. The van der Waals surface area contributed by atoms with Gasteiger partial charge in [0.15, 0.2) is 5.78 Å². The van der Waals surface area contributed by atoms with Crippen molar-refractivity contribution in [1.82, 2.24) is 0 Å². The Morgan fingerprint density at radius 2 is 1.71 bits per heavy atom. The van der Waals surface area contributed by atoms with E-state index in [2.05, 4.69) is 39.9 Å².